The molecule has 4 atom stereocenters. The Morgan fingerprint density at radius 3 is 1.86 bits per heavy atom. The molecule has 0 spiro atoms. The topological polar surface area (TPSA) is 105 Å². The largest absolute Gasteiger partial charge is 0.489 e. The number of para-hydroxylation sites is 2. The molecule has 5 rings (SSSR count). The lowest BCUT2D eigenvalue weighted by molar-refractivity contribution is -0.150. The minimum Gasteiger partial charge on any atom is -0.489 e. The fourth-order valence-electron chi connectivity index (χ4n) is 6.87. The van der Waals surface area contributed by atoms with Crippen molar-refractivity contribution in [1.29, 1.82) is 0 Å². The lowest BCUT2D eigenvalue weighted by Crippen LogP contribution is -2.56. The summed E-state index contributed by atoms with van der Waals surface area (Å²) in [6.07, 6.45) is 1.06. The maximum atomic E-state index is 14.2. The zero-order valence-corrected chi connectivity index (χ0v) is 29.4. The summed E-state index contributed by atoms with van der Waals surface area (Å²) in [5.41, 5.74) is 4.34. The summed E-state index contributed by atoms with van der Waals surface area (Å²) < 4.78 is 6.10. The number of benzene rings is 4. The van der Waals surface area contributed by atoms with Crippen molar-refractivity contribution in [1.82, 2.24) is 0 Å². The first-order valence-electron chi connectivity index (χ1n) is 17.2. The summed E-state index contributed by atoms with van der Waals surface area (Å²) in [7, 11) is 0. The standard InChI is InChI=1S/C42H48N2O5/c1-7-28-13-9-11-15-33(28)43-39(46)37-35(45)25-42(6,48)38(40(47)44-34-16-12-10-14-29(34)8-2)36(37)30-19-23-32(24-20-30)49-26-27-17-21-31(22-18-27)41(3,4)5/h9-24,36-38,48H,7-8,25-26H2,1-6H3,(H,43,46)(H,44,47). The highest BCUT2D eigenvalue weighted by Gasteiger charge is 2.56. The highest BCUT2D eigenvalue weighted by molar-refractivity contribution is 6.10. The van der Waals surface area contributed by atoms with Gasteiger partial charge in [-0.2, -0.15) is 0 Å². The molecule has 0 radical (unpaired) electrons. The fourth-order valence-corrected chi connectivity index (χ4v) is 6.87. The van der Waals surface area contributed by atoms with Gasteiger partial charge in [0, 0.05) is 23.7 Å². The molecule has 1 aliphatic carbocycles. The zero-order valence-electron chi connectivity index (χ0n) is 29.4. The van der Waals surface area contributed by atoms with Crippen molar-refractivity contribution in [2.45, 2.75) is 84.3 Å². The van der Waals surface area contributed by atoms with Crippen molar-refractivity contribution >= 4 is 29.0 Å². The number of aryl methyl sites for hydroxylation is 2. The molecule has 0 aliphatic heterocycles. The number of hydrogen-bond acceptors (Lipinski definition) is 5. The van der Waals surface area contributed by atoms with Crippen LogP contribution in [0.15, 0.2) is 97.1 Å². The van der Waals surface area contributed by atoms with Gasteiger partial charge in [-0.05, 0) is 77.3 Å². The molecule has 2 amide bonds. The predicted molar refractivity (Wildman–Crippen MR) is 195 cm³/mol. The maximum Gasteiger partial charge on any atom is 0.235 e. The van der Waals surface area contributed by atoms with Crippen LogP contribution in [0.5, 0.6) is 5.75 Å². The molecule has 0 heterocycles. The molecule has 4 unspecified atom stereocenters. The SMILES string of the molecule is CCc1ccccc1NC(=O)C1C(=O)CC(C)(O)C(C(=O)Nc2ccccc2CC)C1c1ccc(OCc2ccc(C(C)(C)C)cc2)cc1. The van der Waals surface area contributed by atoms with E-state index in [4.69, 9.17) is 4.74 Å². The van der Waals surface area contributed by atoms with Crippen LogP contribution in [0.25, 0.3) is 0 Å². The molecule has 1 fully saturated rings. The Labute approximate surface area is 290 Å². The molecule has 3 N–H and O–H groups in total. The molecule has 256 valence electrons. The van der Waals surface area contributed by atoms with Gasteiger partial charge in [0.05, 0.1) is 11.5 Å². The first kappa shape index (κ1) is 35.6. The first-order chi connectivity index (χ1) is 23.3. The van der Waals surface area contributed by atoms with Crippen LogP contribution in [-0.2, 0) is 39.2 Å². The molecular weight excluding hydrogens is 612 g/mol. The van der Waals surface area contributed by atoms with Crippen LogP contribution in [-0.4, -0.2) is 28.3 Å². The van der Waals surface area contributed by atoms with E-state index >= 15 is 0 Å². The number of amides is 2. The van der Waals surface area contributed by atoms with Gasteiger partial charge in [-0.15, -0.1) is 0 Å². The molecule has 7 nitrogen and oxygen atoms in total. The Morgan fingerprint density at radius 1 is 0.796 bits per heavy atom. The van der Waals surface area contributed by atoms with E-state index < -0.39 is 41.0 Å². The van der Waals surface area contributed by atoms with E-state index in [0.717, 1.165) is 16.7 Å². The van der Waals surface area contributed by atoms with Crippen LogP contribution in [0, 0.1) is 11.8 Å². The molecule has 0 aromatic heterocycles. The summed E-state index contributed by atoms with van der Waals surface area (Å²) in [5, 5.41) is 17.8. The minimum atomic E-state index is -1.71. The van der Waals surface area contributed by atoms with Gasteiger partial charge in [0.1, 0.15) is 24.1 Å². The first-order valence-corrected chi connectivity index (χ1v) is 17.2. The molecule has 7 heteroatoms. The van der Waals surface area contributed by atoms with Crippen LogP contribution in [0.4, 0.5) is 11.4 Å². The van der Waals surface area contributed by atoms with E-state index in [2.05, 4.69) is 55.7 Å². The summed E-state index contributed by atoms with van der Waals surface area (Å²) in [6.45, 7) is 12.4. The van der Waals surface area contributed by atoms with Gasteiger partial charge in [-0.25, -0.2) is 0 Å². The van der Waals surface area contributed by atoms with Gasteiger partial charge >= 0.3 is 0 Å². The van der Waals surface area contributed by atoms with E-state index in [1.165, 1.54) is 12.5 Å². The normalized spacial score (nSPS) is 20.8. The highest BCUT2D eigenvalue weighted by Crippen LogP contribution is 2.47. The fraction of sp³-hybridized carbons (Fsp3) is 0.357. The van der Waals surface area contributed by atoms with Gasteiger partial charge in [0.15, 0.2) is 0 Å². The Morgan fingerprint density at radius 2 is 1.33 bits per heavy atom. The third-order valence-electron chi connectivity index (χ3n) is 9.63. The molecular formula is C42H48N2O5. The number of aliphatic hydroxyl groups is 1. The Bertz CT molecular complexity index is 1790. The molecule has 1 saturated carbocycles. The third-order valence-corrected chi connectivity index (χ3v) is 9.63. The second-order valence-electron chi connectivity index (χ2n) is 14.3. The zero-order chi connectivity index (χ0) is 35.3. The summed E-state index contributed by atoms with van der Waals surface area (Å²) in [5.74, 6) is -4.04. The predicted octanol–water partition coefficient (Wildman–Crippen LogP) is 8.01. The summed E-state index contributed by atoms with van der Waals surface area (Å²) in [4.78, 5) is 42.2. The van der Waals surface area contributed by atoms with Crippen molar-refractivity contribution in [3.05, 3.63) is 125 Å². The average molecular weight is 661 g/mol. The number of rotatable bonds is 10. The van der Waals surface area contributed by atoms with Crippen LogP contribution in [0.3, 0.4) is 0 Å². The number of Topliss-reactive ketones (excluding diaryl/α,β-unsaturated/α-hetero) is 1. The smallest absolute Gasteiger partial charge is 0.235 e. The highest BCUT2D eigenvalue weighted by atomic mass is 16.5. The van der Waals surface area contributed by atoms with Crippen LogP contribution in [0.1, 0.15) is 81.7 Å². The number of nitrogens with one attached hydrogen (secondary N) is 2. The van der Waals surface area contributed by atoms with Crippen LogP contribution < -0.4 is 15.4 Å². The minimum absolute atomic E-state index is 0.0582. The van der Waals surface area contributed by atoms with Crippen molar-refractivity contribution < 1.29 is 24.2 Å². The van der Waals surface area contributed by atoms with E-state index in [9.17, 15) is 19.5 Å². The van der Waals surface area contributed by atoms with Crippen molar-refractivity contribution in [3.8, 4) is 5.75 Å². The van der Waals surface area contributed by atoms with E-state index in [1.54, 1.807) is 24.3 Å². The number of carbonyl (C=O) groups is 3. The Balaban J connectivity index is 1.48. The van der Waals surface area contributed by atoms with Crippen molar-refractivity contribution in [2.24, 2.45) is 11.8 Å². The quantitative estimate of drug-likeness (QED) is 0.150. The number of anilines is 2. The molecule has 0 bridgehead atoms. The van der Waals surface area contributed by atoms with Crippen LogP contribution >= 0.6 is 0 Å². The molecule has 0 saturated heterocycles. The van der Waals surface area contributed by atoms with Gasteiger partial charge in [-0.3, -0.25) is 14.4 Å². The Kier molecular flexibility index (Phi) is 10.7. The molecule has 4 aromatic rings. The van der Waals surface area contributed by atoms with Gasteiger partial charge in [0.25, 0.3) is 0 Å². The second kappa shape index (κ2) is 14.8. The average Bonchev–Trinajstić information content (AvgIpc) is 3.07. The van der Waals surface area contributed by atoms with E-state index in [-0.39, 0.29) is 11.8 Å². The third kappa shape index (κ3) is 8.11. The van der Waals surface area contributed by atoms with Gasteiger partial charge in [-0.1, -0.05) is 107 Å². The second-order valence-corrected chi connectivity index (χ2v) is 14.3. The number of ether oxygens (including phenoxy) is 1. The lowest BCUT2D eigenvalue weighted by Gasteiger charge is -2.44. The number of hydrogen-bond donors (Lipinski definition) is 3. The number of ketones is 1. The molecule has 1 aliphatic rings. The van der Waals surface area contributed by atoms with Gasteiger partial charge in [0.2, 0.25) is 11.8 Å². The summed E-state index contributed by atoms with van der Waals surface area (Å²) >= 11 is 0. The van der Waals surface area contributed by atoms with E-state index in [0.29, 0.717) is 42.1 Å². The Hall–Kier alpha value is -4.75. The molecule has 4 aromatic carbocycles. The summed E-state index contributed by atoms with van der Waals surface area (Å²) in [6, 6.07) is 30.5. The number of carbonyl (C=O) groups excluding carboxylic acids is 3. The van der Waals surface area contributed by atoms with Crippen molar-refractivity contribution in [2.75, 3.05) is 10.6 Å². The van der Waals surface area contributed by atoms with Crippen LogP contribution in [0.2, 0.25) is 0 Å². The van der Waals surface area contributed by atoms with E-state index in [1.807, 2.05) is 62.4 Å². The maximum absolute atomic E-state index is 14.2. The van der Waals surface area contributed by atoms with Gasteiger partial charge < -0.3 is 20.5 Å². The lowest BCUT2D eigenvalue weighted by atomic mass is 9.61. The molecule has 49 heavy (non-hydrogen) atoms. The monoisotopic (exact) mass is 660 g/mol. The van der Waals surface area contributed by atoms with Crippen molar-refractivity contribution in [3.63, 3.8) is 0 Å².